The van der Waals surface area contributed by atoms with Gasteiger partial charge in [-0.15, -0.1) is 0 Å². The number of carbonyl (C=O) groups excluding carboxylic acids is 1. The van der Waals surface area contributed by atoms with Gasteiger partial charge >= 0.3 is 5.97 Å². The highest BCUT2D eigenvalue weighted by molar-refractivity contribution is 5.93. The first-order valence-electron chi connectivity index (χ1n) is 9.53. The minimum atomic E-state index is -0.580. The van der Waals surface area contributed by atoms with Crippen molar-refractivity contribution in [2.75, 3.05) is 0 Å². The summed E-state index contributed by atoms with van der Waals surface area (Å²) >= 11 is 0. The molecule has 3 aromatic rings. The van der Waals surface area contributed by atoms with Crippen LogP contribution < -0.4 is 5.56 Å². The molecule has 0 saturated heterocycles. The number of rotatable bonds is 3. The first-order valence-corrected chi connectivity index (χ1v) is 9.53. The number of nitrogens with zero attached hydrogens (tertiary/aromatic N) is 2. The Labute approximate surface area is 163 Å². The summed E-state index contributed by atoms with van der Waals surface area (Å²) < 4.78 is 7.05. The zero-order valence-electron chi connectivity index (χ0n) is 16.0. The molecule has 1 aliphatic rings. The molecule has 5 nitrogen and oxygen atoms in total. The van der Waals surface area contributed by atoms with Gasteiger partial charge in [-0.05, 0) is 49.9 Å². The molecule has 1 aromatic carbocycles. The van der Waals surface area contributed by atoms with Gasteiger partial charge in [-0.1, -0.05) is 30.3 Å². The largest absolute Gasteiger partial charge is 0.459 e. The van der Waals surface area contributed by atoms with Gasteiger partial charge in [0, 0.05) is 30.1 Å². The SMILES string of the molecule is CC(C)OC(=O)c1cc(-c2ccccc2)c2n(c1=O)CCCc1ccncc1-2. The lowest BCUT2D eigenvalue weighted by Crippen LogP contribution is -2.29. The lowest BCUT2D eigenvalue weighted by molar-refractivity contribution is 0.0375. The Morgan fingerprint density at radius 1 is 1.14 bits per heavy atom. The summed E-state index contributed by atoms with van der Waals surface area (Å²) in [6, 6.07) is 13.5. The average molecular weight is 374 g/mol. The predicted molar refractivity (Wildman–Crippen MR) is 108 cm³/mol. The van der Waals surface area contributed by atoms with Gasteiger partial charge < -0.3 is 9.30 Å². The van der Waals surface area contributed by atoms with Gasteiger partial charge in [-0.3, -0.25) is 9.78 Å². The molecule has 0 saturated carbocycles. The summed E-state index contributed by atoms with van der Waals surface area (Å²) in [4.78, 5) is 30.1. The average Bonchev–Trinajstić information content (AvgIpc) is 2.89. The van der Waals surface area contributed by atoms with Gasteiger partial charge in [0.25, 0.3) is 5.56 Å². The molecular formula is C23H22N2O3. The lowest BCUT2D eigenvalue weighted by atomic mass is 9.95. The first-order chi connectivity index (χ1) is 13.6. The molecule has 142 valence electrons. The Balaban J connectivity index is 2.04. The monoisotopic (exact) mass is 374 g/mol. The van der Waals surface area contributed by atoms with Gasteiger partial charge in [0.2, 0.25) is 0 Å². The lowest BCUT2D eigenvalue weighted by Gasteiger charge is -2.18. The van der Waals surface area contributed by atoms with Crippen molar-refractivity contribution in [2.24, 2.45) is 0 Å². The number of esters is 1. The maximum absolute atomic E-state index is 13.2. The van der Waals surface area contributed by atoms with Gasteiger partial charge in [0.1, 0.15) is 5.56 Å². The Morgan fingerprint density at radius 3 is 2.68 bits per heavy atom. The van der Waals surface area contributed by atoms with Crippen LogP contribution in [0.3, 0.4) is 0 Å². The fraction of sp³-hybridized carbons (Fsp3) is 0.261. The van der Waals surface area contributed by atoms with Crippen molar-refractivity contribution in [3.63, 3.8) is 0 Å². The maximum Gasteiger partial charge on any atom is 0.344 e. The van der Waals surface area contributed by atoms with Crippen LogP contribution in [0.4, 0.5) is 0 Å². The number of benzene rings is 1. The van der Waals surface area contributed by atoms with Crippen LogP contribution in [0.5, 0.6) is 0 Å². The molecule has 1 aliphatic heterocycles. The number of hydrogen-bond acceptors (Lipinski definition) is 4. The van der Waals surface area contributed by atoms with Crippen molar-refractivity contribution in [2.45, 2.75) is 39.3 Å². The van der Waals surface area contributed by atoms with E-state index in [9.17, 15) is 9.59 Å². The van der Waals surface area contributed by atoms with Gasteiger partial charge in [-0.25, -0.2) is 4.79 Å². The van der Waals surface area contributed by atoms with Crippen molar-refractivity contribution in [1.29, 1.82) is 0 Å². The predicted octanol–water partition coefficient (Wildman–Crippen LogP) is 4.09. The van der Waals surface area contributed by atoms with Crippen LogP contribution in [-0.4, -0.2) is 21.6 Å². The van der Waals surface area contributed by atoms with E-state index < -0.39 is 5.97 Å². The highest BCUT2D eigenvalue weighted by Crippen LogP contribution is 2.35. The first kappa shape index (κ1) is 18.2. The molecule has 28 heavy (non-hydrogen) atoms. The van der Waals surface area contributed by atoms with Crippen molar-refractivity contribution in [3.05, 3.63) is 76.3 Å². The Hall–Kier alpha value is -3.21. The molecule has 0 atom stereocenters. The van der Waals surface area contributed by atoms with E-state index in [1.54, 1.807) is 30.7 Å². The molecular weight excluding hydrogens is 352 g/mol. The molecule has 0 unspecified atom stereocenters. The molecule has 0 bridgehead atoms. The van der Waals surface area contributed by atoms with E-state index >= 15 is 0 Å². The van der Waals surface area contributed by atoms with E-state index in [-0.39, 0.29) is 17.2 Å². The highest BCUT2D eigenvalue weighted by atomic mass is 16.5. The van der Waals surface area contributed by atoms with E-state index in [4.69, 9.17) is 4.74 Å². The third-order valence-electron chi connectivity index (χ3n) is 4.93. The second-order valence-electron chi connectivity index (χ2n) is 7.23. The number of ether oxygens (including phenoxy) is 1. The second kappa shape index (κ2) is 7.43. The molecule has 2 aromatic heterocycles. The number of aryl methyl sites for hydroxylation is 1. The van der Waals surface area contributed by atoms with Crippen molar-refractivity contribution < 1.29 is 9.53 Å². The molecule has 0 spiro atoms. The molecule has 0 fully saturated rings. The quantitative estimate of drug-likeness (QED) is 0.648. The van der Waals surface area contributed by atoms with Crippen LogP contribution in [-0.2, 0) is 17.7 Å². The summed E-state index contributed by atoms with van der Waals surface area (Å²) in [5, 5.41) is 0. The van der Waals surface area contributed by atoms with Crippen molar-refractivity contribution >= 4 is 5.97 Å². The van der Waals surface area contributed by atoms with Crippen molar-refractivity contribution in [1.82, 2.24) is 9.55 Å². The van der Waals surface area contributed by atoms with E-state index in [0.29, 0.717) is 6.54 Å². The number of pyridine rings is 2. The highest BCUT2D eigenvalue weighted by Gasteiger charge is 2.25. The van der Waals surface area contributed by atoms with Crippen molar-refractivity contribution in [3.8, 4) is 22.4 Å². The Kier molecular flexibility index (Phi) is 4.82. The topological polar surface area (TPSA) is 61.2 Å². The minimum Gasteiger partial charge on any atom is -0.459 e. The second-order valence-corrected chi connectivity index (χ2v) is 7.23. The van der Waals surface area contributed by atoms with Crippen LogP contribution in [0.25, 0.3) is 22.4 Å². The van der Waals surface area contributed by atoms with Crippen LogP contribution in [0.15, 0.2) is 59.7 Å². The van der Waals surface area contributed by atoms with E-state index in [1.807, 2.05) is 42.6 Å². The summed E-state index contributed by atoms with van der Waals surface area (Å²) in [6.45, 7) is 4.10. The number of carbonyl (C=O) groups is 1. The van der Waals surface area contributed by atoms with Crippen LogP contribution in [0, 0.1) is 0 Å². The van der Waals surface area contributed by atoms with E-state index in [0.717, 1.165) is 40.8 Å². The molecule has 4 rings (SSSR count). The summed E-state index contributed by atoms with van der Waals surface area (Å²) in [5.41, 5.74) is 4.47. The molecule has 3 heterocycles. The molecule has 0 amide bonds. The zero-order valence-corrected chi connectivity index (χ0v) is 16.0. The van der Waals surface area contributed by atoms with Crippen LogP contribution in [0.1, 0.15) is 36.2 Å². The zero-order chi connectivity index (χ0) is 19.7. The molecule has 5 heteroatoms. The number of aromatic nitrogens is 2. The Bertz CT molecular complexity index is 1080. The fourth-order valence-corrected chi connectivity index (χ4v) is 3.71. The maximum atomic E-state index is 13.2. The number of fused-ring (bicyclic) bond motifs is 3. The summed E-state index contributed by atoms with van der Waals surface area (Å²) in [5.74, 6) is -0.580. The normalized spacial score (nSPS) is 12.8. The molecule has 0 N–H and O–H groups in total. The molecule has 0 aliphatic carbocycles. The van der Waals surface area contributed by atoms with Gasteiger partial charge in [-0.2, -0.15) is 0 Å². The third-order valence-corrected chi connectivity index (χ3v) is 4.93. The summed E-state index contributed by atoms with van der Waals surface area (Å²) in [7, 11) is 0. The standard InChI is InChI=1S/C23H22N2O3/c1-15(2)28-23(27)19-13-18(16-7-4-3-5-8-16)21-20-14-24-11-10-17(20)9-6-12-25(21)22(19)26/h3-5,7-8,10-11,13-15H,6,9,12H2,1-2H3. The minimum absolute atomic E-state index is 0.0728. The Morgan fingerprint density at radius 2 is 1.93 bits per heavy atom. The fourth-order valence-electron chi connectivity index (χ4n) is 3.71. The van der Waals surface area contributed by atoms with Crippen LogP contribution in [0.2, 0.25) is 0 Å². The van der Waals surface area contributed by atoms with Gasteiger partial charge in [0.05, 0.1) is 11.8 Å². The van der Waals surface area contributed by atoms with Gasteiger partial charge in [0.15, 0.2) is 0 Å². The number of hydrogen-bond donors (Lipinski definition) is 0. The van der Waals surface area contributed by atoms with Crippen LogP contribution >= 0.6 is 0 Å². The third kappa shape index (κ3) is 3.24. The summed E-state index contributed by atoms with van der Waals surface area (Å²) in [6.07, 6.45) is 4.98. The van der Waals surface area contributed by atoms with E-state index in [1.165, 1.54) is 0 Å². The molecule has 0 radical (unpaired) electrons. The smallest absolute Gasteiger partial charge is 0.344 e. The van der Waals surface area contributed by atoms with E-state index in [2.05, 4.69) is 4.98 Å².